The molecule has 0 saturated heterocycles. The average molecular weight is 216 g/mol. The van der Waals surface area contributed by atoms with Gasteiger partial charge in [-0.1, -0.05) is 0 Å². The van der Waals surface area contributed by atoms with Crippen LogP contribution in [0.4, 0.5) is 0 Å². The molecule has 0 saturated carbocycles. The van der Waals surface area contributed by atoms with Crippen molar-refractivity contribution in [1.82, 2.24) is 19.6 Å². The van der Waals surface area contributed by atoms with Crippen LogP contribution in [0, 0.1) is 0 Å². The van der Waals surface area contributed by atoms with Crippen molar-refractivity contribution < 1.29 is 0 Å². The van der Waals surface area contributed by atoms with E-state index in [-0.39, 0.29) is 0 Å². The summed E-state index contributed by atoms with van der Waals surface area (Å²) in [5, 5.41) is 6.24. The Morgan fingerprint density at radius 2 is 2.20 bits per heavy atom. The molecule has 0 bridgehead atoms. The summed E-state index contributed by atoms with van der Waals surface area (Å²) in [6.45, 7) is 0. The second-order valence-electron chi connectivity index (χ2n) is 3.10. The molecule has 3 rings (SSSR count). The van der Waals surface area contributed by atoms with Crippen LogP contribution in [-0.4, -0.2) is 25.8 Å². The van der Waals surface area contributed by atoms with Crippen LogP contribution >= 0.6 is 11.8 Å². The number of hydrogen-bond donors (Lipinski definition) is 0. The maximum absolute atomic E-state index is 4.51. The highest BCUT2D eigenvalue weighted by Crippen LogP contribution is 2.23. The summed E-state index contributed by atoms with van der Waals surface area (Å²) in [6.07, 6.45) is 5.52. The third-order valence-corrected chi connectivity index (χ3v) is 2.95. The Kier molecular flexibility index (Phi) is 1.85. The third-order valence-electron chi connectivity index (χ3n) is 2.25. The Morgan fingerprint density at radius 1 is 1.27 bits per heavy atom. The molecule has 0 radical (unpaired) electrons. The number of aromatic nitrogens is 4. The van der Waals surface area contributed by atoms with E-state index in [9.17, 15) is 0 Å². The van der Waals surface area contributed by atoms with Gasteiger partial charge in [0.25, 0.3) is 0 Å². The molecule has 0 atom stereocenters. The van der Waals surface area contributed by atoms with Crippen molar-refractivity contribution in [2.75, 3.05) is 6.26 Å². The average Bonchev–Trinajstić information content (AvgIpc) is 2.76. The lowest BCUT2D eigenvalue weighted by molar-refractivity contribution is 0.945. The van der Waals surface area contributed by atoms with E-state index in [2.05, 4.69) is 15.1 Å². The van der Waals surface area contributed by atoms with Crippen molar-refractivity contribution >= 4 is 28.4 Å². The van der Waals surface area contributed by atoms with Crippen molar-refractivity contribution in [3.8, 4) is 0 Å². The maximum Gasteiger partial charge on any atom is 0.165 e. The fourth-order valence-corrected chi connectivity index (χ4v) is 2.16. The van der Waals surface area contributed by atoms with Crippen LogP contribution in [0.15, 0.2) is 35.6 Å². The van der Waals surface area contributed by atoms with Gasteiger partial charge in [0.05, 0.1) is 11.6 Å². The lowest BCUT2D eigenvalue weighted by atomic mass is 10.3. The fraction of sp³-hybridized carbons (Fsp3) is 0.100. The van der Waals surface area contributed by atoms with Gasteiger partial charge in [0.1, 0.15) is 5.03 Å². The van der Waals surface area contributed by atoms with E-state index in [1.54, 1.807) is 28.7 Å². The minimum absolute atomic E-state index is 0.838. The van der Waals surface area contributed by atoms with Crippen LogP contribution in [0.5, 0.6) is 0 Å². The van der Waals surface area contributed by atoms with E-state index in [1.807, 2.05) is 24.5 Å². The van der Waals surface area contributed by atoms with Gasteiger partial charge >= 0.3 is 0 Å². The molecule has 74 valence electrons. The number of hydrogen-bond acceptors (Lipinski definition) is 4. The van der Waals surface area contributed by atoms with Gasteiger partial charge in [-0.05, 0) is 18.4 Å². The van der Waals surface area contributed by atoms with Crippen molar-refractivity contribution in [2.24, 2.45) is 0 Å². The highest BCUT2D eigenvalue weighted by atomic mass is 32.2. The zero-order chi connectivity index (χ0) is 10.3. The molecular formula is C10H8N4S. The van der Waals surface area contributed by atoms with Crippen LogP contribution < -0.4 is 0 Å². The van der Waals surface area contributed by atoms with Crippen LogP contribution in [0.3, 0.4) is 0 Å². The first-order valence-corrected chi connectivity index (χ1v) is 5.75. The SMILES string of the molecule is CSc1nc2ccnn2c2ncccc12. The maximum atomic E-state index is 4.51. The first-order chi connectivity index (χ1) is 7.40. The van der Waals surface area contributed by atoms with Crippen LogP contribution in [0.2, 0.25) is 0 Å². The highest BCUT2D eigenvalue weighted by Gasteiger charge is 2.07. The second kappa shape index (κ2) is 3.20. The van der Waals surface area contributed by atoms with E-state index < -0.39 is 0 Å². The first kappa shape index (κ1) is 8.67. The summed E-state index contributed by atoms with van der Waals surface area (Å²) >= 11 is 1.62. The Hall–Kier alpha value is -1.62. The zero-order valence-electron chi connectivity index (χ0n) is 8.08. The van der Waals surface area contributed by atoms with E-state index in [0.717, 1.165) is 21.7 Å². The number of thioether (sulfide) groups is 1. The molecule has 3 heterocycles. The zero-order valence-corrected chi connectivity index (χ0v) is 8.90. The summed E-state index contributed by atoms with van der Waals surface area (Å²) in [7, 11) is 0. The molecule has 0 amide bonds. The number of nitrogens with zero attached hydrogens (tertiary/aromatic N) is 4. The van der Waals surface area contributed by atoms with Crippen molar-refractivity contribution in [3.63, 3.8) is 0 Å². The summed E-state index contributed by atoms with van der Waals surface area (Å²) in [4.78, 5) is 8.84. The van der Waals surface area contributed by atoms with Crippen molar-refractivity contribution in [1.29, 1.82) is 0 Å². The standard InChI is InChI=1S/C10H8N4S/c1-15-10-7-3-2-5-11-9(7)14-8(13-10)4-6-12-14/h2-6H,1H3. The van der Waals surface area contributed by atoms with Gasteiger partial charge in [-0.3, -0.25) is 0 Å². The van der Waals surface area contributed by atoms with Gasteiger partial charge in [-0.25, -0.2) is 9.97 Å². The van der Waals surface area contributed by atoms with Gasteiger partial charge in [0.2, 0.25) is 0 Å². The smallest absolute Gasteiger partial charge is 0.165 e. The van der Waals surface area contributed by atoms with E-state index in [4.69, 9.17) is 0 Å². The number of fused-ring (bicyclic) bond motifs is 3. The monoisotopic (exact) mass is 216 g/mol. The lowest BCUT2D eigenvalue weighted by Crippen LogP contribution is -1.97. The minimum atomic E-state index is 0.838. The van der Waals surface area contributed by atoms with Crippen molar-refractivity contribution in [2.45, 2.75) is 5.03 Å². The Morgan fingerprint density at radius 3 is 3.07 bits per heavy atom. The summed E-state index contributed by atoms with van der Waals surface area (Å²) in [5.74, 6) is 0. The second-order valence-corrected chi connectivity index (χ2v) is 3.89. The van der Waals surface area contributed by atoms with Gasteiger partial charge in [0.15, 0.2) is 11.3 Å². The van der Waals surface area contributed by atoms with Gasteiger partial charge in [0, 0.05) is 12.3 Å². The predicted molar refractivity (Wildman–Crippen MR) is 60.1 cm³/mol. The number of pyridine rings is 1. The summed E-state index contributed by atoms with van der Waals surface area (Å²) < 4.78 is 1.76. The molecule has 3 aromatic rings. The van der Waals surface area contributed by atoms with Crippen LogP contribution in [-0.2, 0) is 0 Å². The molecule has 0 fully saturated rings. The van der Waals surface area contributed by atoms with Crippen LogP contribution in [0.25, 0.3) is 16.7 Å². The Labute approximate surface area is 90.3 Å². The lowest BCUT2D eigenvalue weighted by Gasteiger charge is -2.03. The molecule has 0 aliphatic carbocycles. The minimum Gasteiger partial charge on any atom is -0.236 e. The molecule has 0 aromatic carbocycles. The molecule has 15 heavy (non-hydrogen) atoms. The van der Waals surface area contributed by atoms with Crippen LogP contribution in [0.1, 0.15) is 0 Å². The molecule has 5 heteroatoms. The molecule has 3 aromatic heterocycles. The fourth-order valence-electron chi connectivity index (χ4n) is 1.60. The summed E-state index contributed by atoms with van der Waals surface area (Å²) in [6, 6.07) is 5.81. The molecular weight excluding hydrogens is 208 g/mol. The quantitative estimate of drug-likeness (QED) is 0.461. The largest absolute Gasteiger partial charge is 0.236 e. The van der Waals surface area contributed by atoms with Gasteiger partial charge in [-0.2, -0.15) is 9.61 Å². The summed E-state index contributed by atoms with van der Waals surface area (Å²) in [5.41, 5.74) is 1.70. The number of rotatable bonds is 1. The Balaban J connectivity index is 2.58. The highest BCUT2D eigenvalue weighted by molar-refractivity contribution is 7.98. The molecule has 0 aliphatic rings. The molecule has 0 spiro atoms. The van der Waals surface area contributed by atoms with Gasteiger partial charge < -0.3 is 0 Å². The normalized spacial score (nSPS) is 11.3. The van der Waals surface area contributed by atoms with E-state index in [1.165, 1.54) is 0 Å². The predicted octanol–water partition coefficient (Wildman–Crippen LogP) is 2.00. The molecule has 0 aliphatic heterocycles. The van der Waals surface area contributed by atoms with Gasteiger partial charge in [-0.15, -0.1) is 11.8 Å². The first-order valence-electron chi connectivity index (χ1n) is 4.52. The Bertz CT molecular complexity index is 631. The topological polar surface area (TPSA) is 43.1 Å². The molecule has 4 nitrogen and oxygen atoms in total. The van der Waals surface area contributed by atoms with E-state index in [0.29, 0.717) is 0 Å². The van der Waals surface area contributed by atoms with E-state index >= 15 is 0 Å². The third kappa shape index (κ3) is 1.20. The van der Waals surface area contributed by atoms with Crippen molar-refractivity contribution in [3.05, 3.63) is 30.6 Å². The molecule has 0 unspecified atom stereocenters. The molecule has 0 N–H and O–H groups in total.